The van der Waals surface area contributed by atoms with Gasteiger partial charge in [-0.3, -0.25) is 4.99 Å². The number of hydrogen-bond donors (Lipinski definition) is 1. The highest BCUT2D eigenvalue weighted by Crippen LogP contribution is 2.21. The Bertz CT molecular complexity index is 448. The summed E-state index contributed by atoms with van der Waals surface area (Å²) < 4.78 is 5.53. The van der Waals surface area contributed by atoms with Crippen LogP contribution in [-0.4, -0.2) is 37.1 Å². The first kappa shape index (κ1) is 17.1. The van der Waals surface area contributed by atoms with Crippen LogP contribution in [0.1, 0.15) is 19.4 Å². The van der Waals surface area contributed by atoms with E-state index in [1.807, 2.05) is 24.8 Å². The van der Waals surface area contributed by atoms with Crippen molar-refractivity contribution in [3.8, 4) is 0 Å². The van der Waals surface area contributed by atoms with Gasteiger partial charge in [-0.1, -0.05) is 29.3 Å². The first-order valence-electron chi connectivity index (χ1n) is 6.65. The maximum absolute atomic E-state index is 6.05. The zero-order chi connectivity index (χ0) is 15.0. The van der Waals surface area contributed by atoms with E-state index < -0.39 is 0 Å². The molecule has 0 aliphatic rings. The molecule has 1 rings (SSSR count). The van der Waals surface area contributed by atoms with Crippen LogP contribution in [0.2, 0.25) is 10.0 Å². The van der Waals surface area contributed by atoms with Crippen molar-refractivity contribution in [2.75, 3.05) is 26.2 Å². The number of benzene rings is 1. The summed E-state index contributed by atoms with van der Waals surface area (Å²) >= 11 is 11.9. The molecule has 4 nitrogen and oxygen atoms in total. The second-order valence-electron chi connectivity index (χ2n) is 4.20. The van der Waals surface area contributed by atoms with Gasteiger partial charge < -0.3 is 15.4 Å². The van der Waals surface area contributed by atoms with Gasteiger partial charge in [-0.05, 0) is 31.5 Å². The molecular formula is C14H21Cl2N3O. The lowest BCUT2D eigenvalue weighted by Gasteiger charge is -2.19. The van der Waals surface area contributed by atoms with Crippen molar-refractivity contribution in [3.63, 3.8) is 0 Å². The molecule has 0 atom stereocenters. The molecule has 1 aromatic rings. The lowest BCUT2D eigenvalue weighted by Crippen LogP contribution is -2.37. The van der Waals surface area contributed by atoms with Gasteiger partial charge in [0.1, 0.15) is 0 Å². The van der Waals surface area contributed by atoms with Crippen molar-refractivity contribution in [1.29, 1.82) is 0 Å². The van der Waals surface area contributed by atoms with Crippen molar-refractivity contribution in [3.05, 3.63) is 33.8 Å². The monoisotopic (exact) mass is 317 g/mol. The van der Waals surface area contributed by atoms with Crippen LogP contribution in [0, 0.1) is 0 Å². The zero-order valence-corrected chi connectivity index (χ0v) is 13.4. The fourth-order valence-electron chi connectivity index (χ4n) is 1.69. The average Bonchev–Trinajstić information content (AvgIpc) is 2.42. The fraction of sp³-hybridized carbons (Fsp3) is 0.500. The van der Waals surface area contributed by atoms with E-state index in [9.17, 15) is 0 Å². The summed E-state index contributed by atoms with van der Waals surface area (Å²) in [4.78, 5) is 6.27. The number of nitrogens with zero attached hydrogens (tertiary/aromatic N) is 2. The summed E-state index contributed by atoms with van der Waals surface area (Å²) in [6, 6.07) is 5.36. The Balaban J connectivity index is 2.33. The van der Waals surface area contributed by atoms with Gasteiger partial charge in [-0.15, -0.1) is 0 Å². The first-order valence-corrected chi connectivity index (χ1v) is 7.40. The molecular weight excluding hydrogens is 297 g/mol. The predicted molar refractivity (Wildman–Crippen MR) is 85.5 cm³/mol. The van der Waals surface area contributed by atoms with Crippen molar-refractivity contribution < 1.29 is 4.74 Å². The highest BCUT2D eigenvalue weighted by molar-refractivity contribution is 6.35. The molecule has 0 aromatic heterocycles. The van der Waals surface area contributed by atoms with E-state index in [4.69, 9.17) is 33.7 Å². The number of nitrogens with two attached hydrogens (primary N) is 1. The Kier molecular flexibility index (Phi) is 7.73. The predicted octanol–water partition coefficient (Wildman–Crippen LogP) is 3.17. The summed E-state index contributed by atoms with van der Waals surface area (Å²) in [5.41, 5.74) is 6.77. The molecule has 0 fully saturated rings. The molecule has 0 aliphatic heterocycles. The summed E-state index contributed by atoms with van der Waals surface area (Å²) in [6.45, 7) is 7.28. The van der Waals surface area contributed by atoms with Crippen LogP contribution < -0.4 is 5.73 Å². The minimum absolute atomic E-state index is 0.441. The number of rotatable bonds is 7. The minimum atomic E-state index is 0.441. The third-order valence-electron chi connectivity index (χ3n) is 2.87. The van der Waals surface area contributed by atoms with E-state index in [1.165, 1.54) is 0 Å². The third kappa shape index (κ3) is 5.57. The average molecular weight is 318 g/mol. The van der Waals surface area contributed by atoms with Gasteiger partial charge in [0, 0.05) is 23.1 Å². The van der Waals surface area contributed by atoms with Crippen molar-refractivity contribution in [2.45, 2.75) is 20.5 Å². The summed E-state index contributed by atoms with van der Waals surface area (Å²) in [6.07, 6.45) is 0. The van der Waals surface area contributed by atoms with Gasteiger partial charge in [-0.2, -0.15) is 0 Å². The Morgan fingerprint density at radius 3 is 2.60 bits per heavy atom. The van der Waals surface area contributed by atoms with Crippen LogP contribution in [0.3, 0.4) is 0 Å². The molecule has 0 saturated carbocycles. The normalized spacial score (nSPS) is 11.7. The highest BCUT2D eigenvalue weighted by Gasteiger charge is 2.02. The molecule has 6 heteroatoms. The number of aliphatic imine (C=N–C) groups is 1. The van der Waals surface area contributed by atoms with Crippen molar-refractivity contribution >= 4 is 29.2 Å². The topological polar surface area (TPSA) is 50.8 Å². The van der Waals surface area contributed by atoms with Crippen LogP contribution in [0.15, 0.2) is 23.2 Å². The Hall–Kier alpha value is -0.970. The van der Waals surface area contributed by atoms with E-state index in [1.54, 1.807) is 12.1 Å². The summed E-state index contributed by atoms with van der Waals surface area (Å²) in [5.74, 6) is 0.558. The van der Waals surface area contributed by atoms with Crippen molar-refractivity contribution in [1.82, 2.24) is 4.90 Å². The largest absolute Gasteiger partial charge is 0.375 e. The Morgan fingerprint density at radius 1 is 1.30 bits per heavy atom. The lowest BCUT2D eigenvalue weighted by molar-refractivity contribution is 0.128. The molecule has 0 aliphatic carbocycles. The SMILES string of the molecule is CCN(CC)C(N)=NCCOCc1ccc(Cl)cc1Cl. The lowest BCUT2D eigenvalue weighted by atomic mass is 10.2. The summed E-state index contributed by atoms with van der Waals surface area (Å²) in [5, 5.41) is 1.24. The van der Waals surface area contributed by atoms with Crippen molar-refractivity contribution in [2.24, 2.45) is 10.7 Å². The number of ether oxygens (including phenoxy) is 1. The van der Waals surface area contributed by atoms with E-state index in [2.05, 4.69) is 4.99 Å². The molecule has 0 heterocycles. The molecule has 0 radical (unpaired) electrons. The Morgan fingerprint density at radius 2 is 2.00 bits per heavy atom. The van der Waals surface area contributed by atoms with E-state index in [0.717, 1.165) is 18.7 Å². The van der Waals surface area contributed by atoms with Gasteiger partial charge in [0.05, 0.1) is 19.8 Å². The van der Waals surface area contributed by atoms with Crippen LogP contribution >= 0.6 is 23.2 Å². The highest BCUT2D eigenvalue weighted by atomic mass is 35.5. The fourth-order valence-corrected chi connectivity index (χ4v) is 2.16. The third-order valence-corrected chi connectivity index (χ3v) is 3.46. The molecule has 20 heavy (non-hydrogen) atoms. The van der Waals surface area contributed by atoms with Crippen LogP contribution in [0.5, 0.6) is 0 Å². The van der Waals surface area contributed by atoms with Gasteiger partial charge in [0.2, 0.25) is 0 Å². The summed E-state index contributed by atoms with van der Waals surface area (Å²) in [7, 11) is 0. The second-order valence-corrected chi connectivity index (χ2v) is 5.04. The molecule has 0 unspecified atom stereocenters. The molecule has 1 aromatic carbocycles. The number of halogens is 2. The zero-order valence-electron chi connectivity index (χ0n) is 11.9. The molecule has 0 amide bonds. The molecule has 2 N–H and O–H groups in total. The number of hydrogen-bond acceptors (Lipinski definition) is 2. The van der Waals surface area contributed by atoms with Gasteiger partial charge in [0.15, 0.2) is 5.96 Å². The maximum Gasteiger partial charge on any atom is 0.191 e. The minimum Gasteiger partial charge on any atom is -0.375 e. The maximum atomic E-state index is 6.05. The Labute approximate surface area is 130 Å². The molecule has 112 valence electrons. The smallest absolute Gasteiger partial charge is 0.191 e. The van der Waals surface area contributed by atoms with E-state index >= 15 is 0 Å². The molecule has 0 bridgehead atoms. The van der Waals surface area contributed by atoms with Gasteiger partial charge >= 0.3 is 0 Å². The number of guanidine groups is 1. The quantitative estimate of drug-likeness (QED) is 0.477. The van der Waals surface area contributed by atoms with Crippen LogP contribution in [-0.2, 0) is 11.3 Å². The molecule has 0 saturated heterocycles. The molecule has 0 spiro atoms. The standard InChI is InChI=1S/C14H21Cl2N3O/c1-3-19(4-2)14(17)18-7-8-20-10-11-5-6-12(15)9-13(11)16/h5-6,9H,3-4,7-8,10H2,1-2H3,(H2,17,18). The van der Waals surface area contributed by atoms with Crippen LogP contribution in [0.4, 0.5) is 0 Å². The van der Waals surface area contributed by atoms with Crippen LogP contribution in [0.25, 0.3) is 0 Å². The van der Waals surface area contributed by atoms with E-state index in [0.29, 0.717) is 35.8 Å². The van der Waals surface area contributed by atoms with Gasteiger partial charge in [-0.25, -0.2) is 0 Å². The van der Waals surface area contributed by atoms with E-state index in [-0.39, 0.29) is 0 Å². The van der Waals surface area contributed by atoms with Gasteiger partial charge in [0.25, 0.3) is 0 Å². The first-order chi connectivity index (χ1) is 9.58. The second kappa shape index (κ2) is 9.06.